The van der Waals surface area contributed by atoms with Crippen molar-refractivity contribution in [3.05, 3.63) is 95.5 Å². The van der Waals surface area contributed by atoms with Crippen LogP contribution >= 0.6 is 35.6 Å². The van der Waals surface area contributed by atoms with E-state index in [-0.39, 0.29) is 12.1 Å². The van der Waals surface area contributed by atoms with Gasteiger partial charge in [-0.3, -0.25) is 4.98 Å². The topological polar surface area (TPSA) is 59.8 Å². The molecule has 3 heterocycles. The van der Waals surface area contributed by atoms with Crippen molar-refractivity contribution in [1.82, 2.24) is 10.3 Å². The highest BCUT2D eigenvalue weighted by Crippen LogP contribution is 2.46. The maximum atomic E-state index is 6.37. The smallest absolute Gasteiger partial charge is 0.174 e. The minimum absolute atomic E-state index is 0.227. The fourth-order valence-electron chi connectivity index (χ4n) is 4.05. The van der Waals surface area contributed by atoms with E-state index in [9.17, 15) is 0 Å². The van der Waals surface area contributed by atoms with E-state index in [2.05, 4.69) is 10.3 Å². The predicted molar refractivity (Wildman–Crippen MR) is 142 cm³/mol. The van der Waals surface area contributed by atoms with Gasteiger partial charge >= 0.3 is 0 Å². The first kappa shape index (κ1) is 23.5. The van der Waals surface area contributed by atoms with Crippen LogP contribution in [-0.4, -0.2) is 24.3 Å². The summed E-state index contributed by atoms with van der Waals surface area (Å²) >= 11 is 13.4. The number of hydrogen-bond donors (Lipinski definition) is 1. The number of benzene rings is 2. The predicted octanol–water partition coefficient (Wildman–Crippen LogP) is 6.67. The molecule has 4 aromatic rings. The Kier molecular flexibility index (Phi) is 6.86. The number of pyridine rings is 1. The molecular weight excluding hydrogens is 502 g/mol. The Morgan fingerprint density at radius 2 is 1.86 bits per heavy atom. The number of halogens is 1. The van der Waals surface area contributed by atoms with E-state index in [4.69, 9.17) is 37.7 Å². The van der Waals surface area contributed by atoms with E-state index in [0.717, 1.165) is 27.1 Å². The van der Waals surface area contributed by atoms with Gasteiger partial charge in [-0.25, -0.2) is 0 Å². The number of hydrogen-bond acceptors (Lipinski definition) is 6. The zero-order valence-corrected chi connectivity index (χ0v) is 21.4. The van der Waals surface area contributed by atoms with E-state index < -0.39 is 0 Å². The van der Waals surface area contributed by atoms with Gasteiger partial charge in [0.1, 0.15) is 23.3 Å². The molecule has 0 saturated carbocycles. The SMILES string of the molecule is COc1ccc(N2C(=S)N[C@H](c3ccccn3)[C@@H]2c2ccc(Sc3ccc(Cl)cc3)o2)c(OC)c1. The number of rotatable bonds is 7. The number of ether oxygens (including phenoxy) is 2. The molecule has 0 bridgehead atoms. The van der Waals surface area contributed by atoms with Crippen LogP contribution in [0.5, 0.6) is 11.5 Å². The van der Waals surface area contributed by atoms with E-state index in [1.54, 1.807) is 20.4 Å². The monoisotopic (exact) mass is 523 g/mol. The Balaban J connectivity index is 1.55. The number of aromatic nitrogens is 1. The van der Waals surface area contributed by atoms with E-state index >= 15 is 0 Å². The van der Waals surface area contributed by atoms with Crippen LogP contribution in [0.25, 0.3) is 0 Å². The minimum Gasteiger partial charge on any atom is -0.497 e. The van der Waals surface area contributed by atoms with Gasteiger partial charge in [0.05, 0.1) is 31.6 Å². The van der Waals surface area contributed by atoms with Gasteiger partial charge in [0.25, 0.3) is 0 Å². The molecule has 2 aromatic carbocycles. The van der Waals surface area contributed by atoms with Crippen LogP contribution in [0.15, 0.2) is 93.4 Å². The van der Waals surface area contributed by atoms with Gasteiger partial charge in [-0.1, -0.05) is 29.4 Å². The Labute approximate surface area is 218 Å². The quantitative estimate of drug-likeness (QED) is 0.269. The second kappa shape index (κ2) is 10.2. The van der Waals surface area contributed by atoms with Gasteiger partial charge in [-0.05, 0) is 72.9 Å². The first-order valence-electron chi connectivity index (χ1n) is 10.8. The summed E-state index contributed by atoms with van der Waals surface area (Å²) in [6.07, 6.45) is 1.78. The van der Waals surface area contributed by atoms with Crippen molar-refractivity contribution >= 4 is 46.4 Å². The van der Waals surface area contributed by atoms with Gasteiger partial charge in [0, 0.05) is 22.2 Å². The highest BCUT2D eigenvalue weighted by atomic mass is 35.5. The molecule has 0 unspecified atom stereocenters. The summed E-state index contributed by atoms with van der Waals surface area (Å²) in [5.74, 6) is 2.09. The first-order valence-corrected chi connectivity index (χ1v) is 12.4. The molecule has 1 saturated heterocycles. The molecule has 0 amide bonds. The lowest BCUT2D eigenvalue weighted by atomic mass is 10.0. The highest BCUT2D eigenvalue weighted by Gasteiger charge is 2.43. The summed E-state index contributed by atoms with van der Waals surface area (Å²) < 4.78 is 17.4. The van der Waals surface area contributed by atoms with Gasteiger partial charge in [0.2, 0.25) is 0 Å². The van der Waals surface area contributed by atoms with Crippen LogP contribution in [0.3, 0.4) is 0 Å². The summed E-state index contributed by atoms with van der Waals surface area (Å²) in [6.45, 7) is 0. The van der Waals surface area contributed by atoms with E-state index in [1.807, 2.05) is 77.7 Å². The third-order valence-corrected chi connectivity index (χ3v) is 7.17. The van der Waals surface area contributed by atoms with Crippen molar-refractivity contribution in [3.63, 3.8) is 0 Å². The third kappa shape index (κ3) is 4.82. The molecule has 1 aliphatic heterocycles. The van der Waals surface area contributed by atoms with Crippen LogP contribution in [0.1, 0.15) is 23.5 Å². The fourth-order valence-corrected chi connectivity index (χ4v) is 5.30. The molecule has 1 aliphatic rings. The highest BCUT2D eigenvalue weighted by molar-refractivity contribution is 7.99. The molecule has 35 heavy (non-hydrogen) atoms. The molecule has 5 rings (SSSR count). The summed E-state index contributed by atoms with van der Waals surface area (Å²) in [7, 11) is 3.25. The number of furan rings is 1. The molecule has 1 fully saturated rings. The largest absolute Gasteiger partial charge is 0.497 e. The fraction of sp³-hybridized carbons (Fsp3) is 0.154. The van der Waals surface area contributed by atoms with Crippen molar-refractivity contribution in [2.75, 3.05) is 19.1 Å². The summed E-state index contributed by atoms with van der Waals surface area (Å²) in [5, 5.41) is 5.45. The lowest BCUT2D eigenvalue weighted by Gasteiger charge is -2.27. The second-order valence-corrected chi connectivity index (χ2v) is 9.65. The lowest BCUT2D eigenvalue weighted by molar-refractivity contribution is 0.378. The van der Waals surface area contributed by atoms with Crippen molar-refractivity contribution < 1.29 is 13.9 Å². The molecule has 6 nitrogen and oxygen atoms in total. The van der Waals surface area contributed by atoms with Gasteiger partial charge in [-0.15, -0.1) is 0 Å². The van der Waals surface area contributed by atoms with Crippen molar-refractivity contribution in [2.24, 2.45) is 0 Å². The van der Waals surface area contributed by atoms with Crippen LogP contribution in [0, 0.1) is 0 Å². The van der Waals surface area contributed by atoms with Crippen molar-refractivity contribution in [1.29, 1.82) is 0 Å². The van der Waals surface area contributed by atoms with Gasteiger partial charge in [0.15, 0.2) is 10.2 Å². The normalized spacial score (nSPS) is 17.3. The number of methoxy groups -OCH3 is 2. The standard InChI is InChI=1S/C26H22ClN3O3S2/c1-31-17-8-11-20(22(15-17)32-2)30-25(24(29-26(30)34)19-5-3-4-14-28-19)21-12-13-23(33-21)35-18-9-6-16(27)7-10-18/h3-15,24-25H,1-2H3,(H,29,34)/t24-,25+/m1/s1. The van der Waals surface area contributed by atoms with Crippen LogP contribution in [0.4, 0.5) is 5.69 Å². The van der Waals surface area contributed by atoms with Gasteiger partial charge in [-0.2, -0.15) is 0 Å². The number of thiocarbonyl (C=S) groups is 1. The lowest BCUT2D eigenvalue weighted by Crippen LogP contribution is -2.29. The van der Waals surface area contributed by atoms with Crippen LogP contribution < -0.4 is 19.7 Å². The van der Waals surface area contributed by atoms with Crippen molar-refractivity contribution in [2.45, 2.75) is 22.1 Å². The Bertz CT molecular complexity index is 1330. The maximum absolute atomic E-state index is 6.37. The van der Waals surface area contributed by atoms with Crippen LogP contribution in [0.2, 0.25) is 5.02 Å². The molecule has 2 atom stereocenters. The third-order valence-electron chi connectivity index (χ3n) is 5.67. The molecule has 0 aliphatic carbocycles. The zero-order valence-electron chi connectivity index (χ0n) is 19.0. The average molecular weight is 524 g/mol. The Hall–Kier alpha value is -3.20. The minimum atomic E-state index is -0.292. The zero-order chi connectivity index (χ0) is 24.4. The van der Waals surface area contributed by atoms with Crippen molar-refractivity contribution in [3.8, 4) is 11.5 Å². The average Bonchev–Trinajstić information content (AvgIpc) is 3.49. The molecule has 1 N–H and O–H groups in total. The first-order chi connectivity index (χ1) is 17.1. The molecule has 0 spiro atoms. The van der Waals surface area contributed by atoms with E-state index in [0.29, 0.717) is 21.6 Å². The summed E-state index contributed by atoms with van der Waals surface area (Å²) in [5.41, 5.74) is 1.66. The van der Waals surface area contributed by atoms with Crippen LogP contribution in [-0.2, 0) is 0 Å². The van der Waals surface area contributed by atoms with Gasteiger partial charge < -0.3 is 24.1 Å². The molecule has 178 valence electrons. The molecule has 9 heteroatoms. The van der Waals surface area contributed by atoms with E-state index in [1.165, 1.54) is 11.8 Å². The molecular formula is C26H22ClN3O3S2. The Morgan fingerprint density at radius 3 is 2.57 bits per heavy atom. The Morgan fingerprint density at radius 1 is 1.03 bits per heavy atom. The molecule has 0 radical (unpaired) electrons. The summed E-state index contributed by atoms with van der Waals surface area (Å²) in [6, 6.07) is 22.6. The number of nitrogens with one attached hydrogen (secondary N) is 1. The number of anilines is 1. The maximum Gasteiger partial charge on any atom is 0.174 e. The molecule has 2 aromatic heterocycles. The number of nitrogens with zero attached hydrogens (tertiary/aromatic N) is 2. The summed E-state index contributed by atoms with van der Waals surface area (Å²) in [4.78, 5) is 7.64. The second-order valence-electron chi connectivity index (χ2n) is 7.75.